The summed E-state index contributed by atoms with van der Waals surface area (Å²) in [5.74, 6) is 6.25. The van der Waals surface area contributed by atoms with Crippen LogP contribution in [0.1, 0.15) is 30.9 Å². The molecule has 0 amide bonds. The van der Waals surface area contributed by atoms with Crippen molar-refractivity contribution in [1.29, 1.82) is 0 Å². The van der Waals surface area contributed by atoms with Gasteiger partial charge in [-0.2, -0.15) is 8.78 Å². The zero-order valence-corrected chi connectivity index (χ0v) is 9.40. The number of nitrogens with one attached hydrogen (secondary N) is 1. The molecule has 1 aromatic carbocycles. The molecule has 0 radical (unpaired) electrons. The van der Waals surface area contributed by atoms with Gasteiger partial charge < -0.3 is 4.74 Å². The lowest BCUT2D eigenvalue weighted by atomic mass is 9.77. The zero-order chi connectivity index (χ0) is 12.3. The summed E-state index contributed by atoms with van der Waals surface area (Å²) in [5, 5.41) is 0. The van der Waals surface area contributed by atoms with Crippen molar-refractivity contribution < 1.29 is 13.5 Å². The summed E-state index contributed by atoms with van der Waals surface area (Å²) in [6.45, 7) is -2.78. The Labute approximate surface area is 98.9 Å². The highest BCUT2D eigenvalue weighted by atomic mass is 19.3. The third kappa shape index (κ3) is 2.92. The van der Waals surface area contributed by atoms with Gasteiger partial charge in [-0.1, -0.05) is 18.6 Å². The van der Waals surface area contributed by atoms with Crippen LogP contribution in [0.25, 0.3) is 0 Å². The molecule has 0 bridgehead atoms. The summed E-state index contributed by atoms with van der Waals surface area (Å²) < 4.78 is 28.3. The number of hydrazine groups is 1. The first-order chi connectivity index (χ1) is 8.20. The molecule has 17 heavy (non-hydrogen) atoms. The van der Waals surface area contributed by atoms with Crippen LogP contribution in [0.5, 0.6) is 5.75 Å². The van der Waals surface area contributed by atoms with Crippen molar-refractivity contribution in [2.75, 3.05) is 0 Å². The van der Waals surface area contributed by atoms with Gasteiger partial charge in [0.15, 0.2) is 0 Å². The molecule has 0 heterocycles. The van der Waals surface area contributed by atoms with Gasteiger partial charge in [-0.3, -0.25) is 11.3 Å². The van der Waals surface area contributed by atoms with Gasteiger partial charge in [0.2, 0.25) is 0 Å². The first kappa shape index (κ1) is 12.3. The van der Waals surface area contributed by atoms with Crippen LogP contribution in [0.4, 0.5) is 8.78 Å². The van der Waals surface area contributed by atoms with Crippen molar-refractivity contribution >= 4 is 0 Å². The lowest BCUT2D eigenvalue weighted by Crippen LogP contribution is -2.36. The molecule has 5 heteroatoms. The molecule has 1 atom stereocenters. The molecule has 1 saturated carbocycles. The topological polar surface area (TPSA) is 47.3 Å². The Balaban J connectivity index is 2.04. The molecule has 1 fully saturated rings. The average Bonchev–Trinajstić information content (AvgIpc) is 2.23. The lowest BCUT2D eigenvalue weighted by molar-refractivity contribution is -0.0498. The standard InChI is InChI=1S/C12H16F2N2O/c13-12(14)17-10-6-4-9(5-7-10)11(16-15)8-2-1-3-8/h4-8,11-12,16H,1-3,15H2. The van der Waals surface area contributed by atoms with E-state index in [1.807, 2.05) is 0 Å². The second-order valence-corrected chi connectivity index (χ2v) is 4.28. The number of ether oxygens (including phenoxy) is 1. The smallest absolute Gasteiger partial charge is 0.387 e. The van der Waals surface area contributed by atoms with Crippen molar-refractivity contribution in [3.8, 4) is 5.75 Å². The van der Waals surface area contributed by atoms with Crippen LogP contribution in [0.2, 0.25) is 0 Å². The first-order valence-electron chi connectivity index (χ1n) is 5.71. The van der Waals surface area contributed by atoms with Gasteiger partial charge in [0.25, 0.3) is 0 Å². The molecular formula is C12H16F2N2O. The Morgan fingerprint density at radius 2 is 1.88 bits per heavy atom. The van der Waals surface area contributed by atoms with Crippen LogP contribution in [0.15, 0.2) is 24.3 Å². The van der Waals surface area contributed by atoms with Gasteiger partial charge in [-0.15, -0.1) is 0 Å². The summed E-state index contributed by atoms with van der Waals surface area (Å²) in [7, 11) is 0. The maximum atomic E-state index is 12.0. The molecular weight excluding hydrogens is 226 g/mol. The van der Waals surface area contributed by atoms with E-state index in [0.717, 1.165) is 18.4 Å². The molecule has 2 rings (SSSR count). The van der Waals surface area contributed by atoms with Gasteiger partial charge in [0, 0.05) is 6.04 Å². The molecule has 1 aliphatic rings. The first-order valence-corrected chi connectivity index (χ1v) is 5.71. The predicted octanol–water partition coefficient (Wildman–Crippen LogP) is 2.59. The Morgan fingerprint density at radius 3 is 2.29 bits per heavy atom. The van der Waals surface area contributed by atoms with Crippen molar-refractivity contribution in [2.24, 2.45) is 11.8 Å². The normalized spacial score (nSPS) is 17.9. The third-order valence-electron chi connectivity index (χ3n) is 3.27. The van der Waals surface area contributed by atoms with E-state index in [-0.39, 0.29) is 11.8 Å². The van der Waals surface area contributed by atoms with Crippen molar-refractivity contribution in [3.63, 3.8) is 0 Å². The quantitative estimate of drug-likeness (QED) is 0.616. The highest BCUT2D eigenvalue weighted by molar-refractivity contribution is 5.29. The van der Waals surface area contributed by atoms with Gasteiger partial charge in [0.05, 0.1) is 0 Å². The van der Waals surface area contributed by atoms with Crippen LogP contribution < -0.4 is 16.0 Å². The van der Waals surface area contributed by atoms with Crippen molar-refractivity contribution in [1.82, 2.24) is 5.43 Å². The summed E-state index contributed by atoms with van der Waals surface area (Å²) in [4.78, 5) is 0. The molecule has 1 unspecified atom stereocenters. The predicted molar refractivity (Wildman–Crippen MR) is 60.5 cm³/mol. The second-order valence-electron chi connectivity index (χ2n) is 4.28. The molecule has 94 valence electrons. The summed E-state index contributed by atoms with van der Waals surface area (Å²) in [6, 6.07) is 6.75. The monoisotopic (exact) mass is 242 g/mol. The summed E-state index contributed by atoms with van der Waals surface area (Å²) in [5.41, 5.74) is 3.80. The molecule has 0 aromatic heterocycles. The van der Waals surface area contributed by atoms with E-state index < -0.39 is 6.61 Å². The zero-order valence-electron chi connectivity index (χ0n) is 9.40. The van der Waals surface area contributed by atoms with E-state index in [4.69, 9.17) is 5.84 Å². The van der Waals surface area contributed by atoms with E-state index in [1.54, 1.807) is 24.3 Å². The highest BCUT2D eigenvalue weighted by Crippen LogP contribution is 2.37. The van der Waals surface area contributed by atoms with Crippen molar-refractivity contribution in [3.05, 3.63) is 29.8 Å². The van der Waals surface area contributed by atoms with Gasteiger partial charge in [0.1, 0.15) is 5.75 Å². The van der Waals surface area contributed by atoms with E-state index in [2.05, 4.69) is 10.2 Å². The number of hydrogen-bond donors (Lipinski definition) is 2. The Bertz CT molecular complexity index is 352. The van der Waals surface area contributed by atoms with Crippen LogP contribution in [0, 0.1) is 5.92 Å². The van der Waals surface area contributed by atoms with E-state index >= 15 is 0 Å². The van der Waals surface area contributed by atoms with Crippen LogP contribution >= 0.6 is 0 Å². The minimum absolute atomic E-state index is 0.101. The molecule has 3 nitrogen and oxygen atoms in total. The average molecular weight is 242 g/mol. The summed E-state index contributed by atoms with van der Waals surface area (Å²) >= 11 is 0. The van der Waals surface area contributed by atoms with E-state index in [1.165, 1.54) is 6.42 Å². The van der Waals surface area contributed by atoms with E-state index in [0.29, 0.717) is 5.92 Å². The molecule has 1 aliphatic carbocycles. The number of hydrogen-bond acceptors (Lipinski definition) is 3. The van der Waals surface area contributed by atoms with Gasteiger partial charge in [-0.05, 0) is 36.5 Å². The number of nitrogens with two attached hydrogens (primary N) is 1. The molecule has 0 aliphatic heterocycles. The lowest BCUT2D eigenvalue weighted by Gasteiger charge is -2.33. The fourth-order valence-electron chi connectivity index (χ4n) is 2.13. The maximum absolute atomic E-state index is 12.0. The fraction of sp³-hybridized carbons (Fsp3) is 0.500. The second kappa shape index (κ2) is 5.42. The SMILES string of the molecule is NNC(c1ccc(OC(F)F)cc1)C1CCC1. The number of halogens is 2. The summed E-state index contributed by atoms with van der Waals surface area (Å²) in [6.07, 6.45) is 3.55. The Morgan fingerprint density at radius 1 is 1.24 bits per heavy atom. The van der Waals surface area contributed by atoms with Crippen LogP contribution in [0.3, 0.4) is 0 Å². The molecule has 1 aromatic rings. The molecule has 0 spiro atoms. The van der Waals surface area contributed by atoms with Crippen LogP contribution in [-0.2, 0) is 0 Å². The maximum Gasteiger partial charge on any atom is 0.387 e. The van der Waals surface area contributed by atoms with Crippen LogP contribution in [-0.4, -0.2) is 6.61 Å². The Kier molecular flexibility index (Phi) is 3.91. The number of rotatable bonds is 5. The third-order valence-corrected chi connectivity index (χ3v) is 3.27. The van der Waals surface area contributed by atoms with Crippen molar-refractivity contribution in [2.45, 2.75) is 31.9 Å². The molecule has 3 N–H and O–H groups in total. The molecule has 0 saturated heterocycles. The largest absolute Gasteiger partial charge is 0.435 e. The van der Waals surface area contributed by atoms with Gasteiger partial charge in [-0.25, -0.2) is 0 Å². The Hall–Kier alpha value is -1.20. The number of benzene rings is 1. The number of alkyl halides is 2. The van der Waals surface area contributed by atoms with E-state index in [9.17, 15) is 8.78 Å². The highest BCUT2D eigenvalue weighted by Gasteiger charge is 2.27. The van der Waals surface area contributed by atoms with Gasteiger partial charge >= 0.3 is 6.61 Å². The fourth-order valence-corrected chi connectivity index (χ4v) is 2.13. The minimum Gasteiger partial charge on any atom is -0.435 e. The minimum atomic E-state index is -2.78.